The van der Waals surface area contributed by atoms with E-state index in [4.69, 9.17) is 4.74 Å². The fourth-order valence-electron chi connectivity index (χ4n) is 1.63. The number of nitrogens with zero attached hydrogens (tertiary/aromatic N) is 1. The molecule has 1 rings (SSSR count). The van der Waals surface area contributed by atoms with Gasteiger partial charge in [0.05, 0.1) is 0 Å². The molecule has 0 aliphatic heterocycles. The first-order valence-electron chi connectivity index (χ1n) is 7.29. The van der Waals surface area contributed by atoms with Crippen molar-refractivity contribution in [3.05, 3.63) is 48.2 Å². The van der Waals surface area contributed by atoms with E-state index >= 15 is 0 Å². The number of hydrogen-bond donors (Lipinski definition) is 0. The zero-order valence-corrected chi connectivity index (χ0v) is 12.7. The lowest BCUT2D eigenvalue weighted by molar-refractivity contribution is 0.110. The molecule has 0 atom stereocenters. The number of benzene rings is 1. The van der Waals surface area contributed by atoms with Crippen molar-refractivity contribution in [1.29, 1.82) is 0 Å². The van der Waals surface area contributed by atoms with Crippen molar-refractivity contribution >= 4 is 6.09 Å². The van der Waals surface area contributed by atoms with Gasteiger partial charge in [-0.3, -0.25) is 4.90 Å². The maximum absolute atomic E-state index is 12.1. The van der Waals surface area contributed by atoms with Crippen molar-refractivity contribution in [2.24, 2.45) is 5.92 Å². The molecule has 0 bridgehead atoms. The molecule has 1 amide bonds. The zero-order chi connectivity index (χ0) is 14.8. The molecule has 0 unspecified atom stereocenters. The third-order valence-corrected chi connectivity index (χ3v) is 2.84. The van der Waals surface area contributed by atoms with Crippen LogP contribution in [0.25, 0.3) is 0 Å². The lowest BCUT2D eigenvalue weighted by atomic mass is 10.2. The van der Waals surface area contributed by atoms with E-state index in [-0.39, 0.29) is 6.09 Å². The van der Waals surface area contributed by atoms with Gasteiger partial charge in [-0.05, 0) is 17.9 Å². The Kier molecular flexibility index (Phi) is 7.48. The van der Waals surface area contributed by atoms with Crippen LogP contribution >= 0.6 is 0 Å². The molecule has 20 heavy (non-hydrogen) atoms. The number of hydrogen-bond acceptors (Lipinski definition) is 2. The molecule has 0 saturated carbocycles. The van der Waals surface area contributed by atoms with Gasteiger partial charge in [0.25, 0.3) is 0 Å². The minimum absolute atomic E-state index is 0.279. The topological polar surface area (TPSA) is 29.5 Å². The summed E-state index contributed by atoms with van der Waals surface area (Å²) in [6.07, 6.45) is 5.60. The molecule has 0 aromatic heterocycles. The predicted octanol–water partition coefficient (Wildman–Crippen LogP) is 4.60. The monoisotopic (exact) mass is 275 g/mol. The first kappa shape index (κ1) is 16.3. The molecule has 1 aromatic carbocycles. The fraction of sp³-hybridized carbons (Fsp3) is 0.471. The number of carbonyl (C=O) groups is 1. The normalized spacial score (nSPS) is 11.0. The number of unbranched alkanes of at least 4 members (excludes halogenated alkanes) is 1. The fourth-order valence-corrected chi connectivity index (χ4v) is 1.63. The highest BCUT2D eigenvalue weighted by atomic mass is 16.6. The van der Waals surface area contributed by atoms with Gasteiger partial charge in [-0.25, -0.2) is 4.79 Å². The average Bonchev–Trinajstić information content (AvgIpc) is 2.45. The van der Waals surface area contributed by atoms with E-state index in [1.807, 2.05) is 42.6 Å². The molecule has 3 nitrogen and oxygen atoms in total. The van der Waals surface area contributed by atoms with Crippen LogP contribution in [-0.2, 0) is 11.3 Å². The standard InChI is InChI=1S/C17H25NO2/c1-4-5-12-18(13-11-15(2)3)17(19)20-14-16-9-7-6-8-10-16/h6-11,13,15H,4-5,12,14H2,1-3H3/b13-11+. The molecule has 1 aromatic rings. The number of amides is 1. The van der Waals surface area contributed by atoms with Gasteiger partial charge in [-0.2, -0.15) is 0 Å². The van der Waals surface area contributed by atoms with Crippen molar-refractivity contribution in [2.75, 3.05) is 6.54 Å². The van der Waals surface area contributed by atoms with Gasteiger partial charge in [0, 0.05) is 12.7 Å². The second-order valence-electron chi connectivity index (χ2n) is 5.17. The minimum atomic E-state index is -0.279. The molecule has 0 radical (unpaired) electrons. The summed E-state index contributed by atoms with van der Waals surface area (Å²) in [6.45, 7) is 7.30. The second-order valence-corrected chi connectivity index (χ2v) is 5.17. The molecule has 0 fully saturated rings. The van der Waals surface area contributed by atoms with Crippen LogP contribution in [-0.4, -0.2) is 17.5 Å². The van der Waals surface area contributed by atoms with Crippen molar-refractivity contribution in [3.8, 4) is 0 Å². The van der Waals surface area contributed by atoms with Crippen molar-refractivity contribution in [1.82, 2.24) is 4.90 Å². The highest BCUT2D eigenvalue weighted by Gasteiger charge is 2.11. The van der Waals surface area contributed by atoms with E-state index in [9.17, 15) is 4.79 Å². The first-order chi connectivity index (χ1) is 9.63. The summed E-state index contributed by atoms with van der Waals surface area (Å²) in [5, 5.41) is 0. The maximum Gasteiger partial charge on any atom is 0.414 e. The summed E-state index contributed by atoms with van der Waals surface area (Å²) in [4.78, 5) is 13.7. The maximum atomic E-state index is 12.1. The third kappa shape index (κ3) is 6.41. The summed E-state index contributed by atoms with van der Waals surface area (Å²) in [6, 6.07) is 9.73. The molecule has 0 N–H and O–H groups in total. The Morgan fingerprint density at radius 2 is 2.00 bits per heavy atom. The summed E-state index contributed by atoms with van der Waals surface area (Å²) >= 11 is 0. The molecule has 3 heteroatoms. The molecule has 0 aliphatic carbocycles. The summed E-state index contributed by atoms with van der Waals surface area (Å²) in [5.74, 6) is 0.418. The lowest BCUT2D eigenvalue weighted by Gasteiger charge is -2.18. The summed E-state index contributed by atoms with van der Waals surface area (Å²) in [5.41, 5.74) is 1.00. The molecule has 0 saturated heterocycles. The smallest absolute Gasteiger partial charge is 0.414 e. The van der Waals surface area contributed by atoms with Crippen LogP contribution < -0.4 is 0 Å². The predicted molar refractivity (Wildman–Crippen MR) is 82.2 cm³/mol. The highest BCUT2D eigenvalue weighted by Crippen LogP contribution is 2.06. The van der Waals surface area contributed by atoms with E-state index in [0.29, 0.717) is 19.1 Å². The van der Waals surface area contributed by atoms with Gasteiger partial charge >= 0.3 is 6.09 Å². The van der Waals surface area contributed by atoms with E-state index in [1.165, 1.54) is 0 Å². The molecular formula is C17H25NO2. The Hall–Kier alpha value is -1.77. The van der Waals surface area contributed by atoms with Crippen LogP contribution in [0.5, 0.6) is 0 Å². The van der Waals surface area contributed by atoms with Crippen LogP contribution in [0.4, 0.5) is 4.79 Å². The van der Waals surface area contributed by atoms with E-state index in [2.05, 4.69) is 20.8 Å². The molecule has 0 spiro atoms. The molecule has 0 heterocycles. The first-order valence-corrected chi connectivity index (χ1v) is 7.29. The van der Waals surface area contributed by atoms with Gasteiger partial charge in [-0.1, -0.05) is 63.6 Å². The molecular weight excluding hydrogens is 250 g/mol. The Balaban J connectivity index is 2.53. The Morgan fingerprint density at radius 3 is 2.60 bits per heavy atom. The zero-order valence-electron chi connectivity index (χ0n) is 12.7. The number of carbonyl (C=O) groups excluding carboxylic acids is 1. The summed E-state index contributed by atoms with van der Waals surface area (Å²) in [7, 11) is 0. The van der Waals surface area contributed by atoms with Crippen molar-refractivity contribution in [3.63, 3.8) is 0 Å². The van der Waals surface area contributed by atoms with Crippen LogP contribution in [0, 0.1) is 5.92 Å². The summed E-state index contributed by atoms with van der Waals surface area (Å²) < 4.78 is 5.36. The average molecular weight is 275 g/mol. The quantitative estimate of drug-likeness (QED) is 0.728. The van der Waals surface area contributed by atoms with Crippen LogP contribution in [0.2, 0.25) is 0 Å². The van der Waals surface area contributed by atoms with Crippen molar-refractivity contribution in [2.45, 2.75) is 40.2 Å². The number of allylic oxidation sites excluding steroid dienone is 1. The van der Waals surface area contributed by atoms with E-state index in [0.717, 1.165) is 18.4 Å². The van der Waals surface area contributed by atoms with Gasteiger partial charge < -0.3 is 4.74 Å². The Labute approximate surface area is 122 Å². The van der Waals surface area contributed by atoms with Crippen LogP contribution in [0.3, 0.4) is 0 Å². The Bertz CT molecular complexity index is 412. The highest BCUT2D eigenvalue weighted by molar-refractivity contribution is 5.68. The van der Waals surface area contributed by atoms with E-state index < -0.39 is 0 Å². The van der Waals surface area contributed by atoms with E-state index in [1.54, 1.807) is 4.90 Å². The van der Waals surface area contributed by atoms with Gasteiger partial charge in [0.15, 0.2) is 0 Å². The largest absolute Gasteiger partial charge is 0.444 e. The number of rotatable bonds is 7. The SMILES string of the molecule is CCCCN(/C=C/C(C)C)C(=O)OCc1ccccc1. The molecule has 0 aliphatic rings. The van der Waals surface area contributed by atoms with Gasteiger partial charge in [-0.15, -0.1) is 0 Å². The third-order valence-electron chi connectivity index (χ3n) is 2.84. The Morgan fingerprint density at radius 1 is 1.30 bits per heavy atom. The van der Waals surface area contributed by atoms with Gasteiger partial charge in [0.1, 0.15) is 6.61 Å². The van der Waals surface area contributed by atoms with Crippen molar-refractivity contribution < 1.29 is 9.53 Å². The van der Waals surface area contributed by atoms with Crippen LogP contribution in [0.15, 0.2) is 42.6 Å². The second kappa shape index (κ2) is 9.18. The van der Waals surface area contributed by atoms with Crippen LogP contribution in [0.1, 0.15) is 39.2 Å². The molecule has 110 valence electrons. The minimum Gasteiger partial charge on any atom is -0.444 e. The lowest BCUT2D eigenvalue weighted by Crippen LogP contribution is -2.27. The number of ether oxygens (including phenoxy) is 1. The van der Waals surface area contributed by atoms with Gasteiger partial charge in [0.2, 0.25) is 0 Å².